The highest BCUT2D eigenvalue weighted by Gasteiger charge is 2.26. The molecule has 1 atom stereocenters. The highest BCUT2D eigenvalue weighted by atomic mass is 16.6. The molecular weight excluding hydrogens is 498 g/mol. The van der Waals surface area contributed by atoms with E-state index in [0.717, 1.165) is 11.1 Å². The van der Waals surface area contributed by atoms with Crippen LogP contribution >= 0.6 is 0 Å². The van der Waals surface area contributed by atoms with E-state index in [4.69, 9.17) is 9.47 Å². The monoisotopic (exact) mass is 531 g/mol. The number of carbonyl (C=O) groups is 2. The zero-order valence-electron chi connectivity index (χ0n) is 22.4. The van der Waals surface area contributed by atoms with Crippen LogP contribution in [0.1, 0.15) is 43.3 Å². The van der Waals surface area contributed by atoms with Gasteiger partial charge in [0.15, 0.2) is 0 Å². The number of ether oxygens (including phenoxy) is 2. The van der Waals surface area contributed by atoms with Crippen LogP contribution in [0, 0.1) is 5.41 Å². The van der Waals surface area contributed by atoms with Gasteiger partial charge in [0.25, 0.3) is 0 Å². The number of alkyl carbamates (subject to hydrolysis) is 1. The summed E-state index contributed by atoms with van der Waals surface area (Å²) in [5.41, 5.74) is 2.93. The highest BCUT2D eigenvalue weighted by Crippen LogP contribution is 2.13. The maximum Gasteiger partial charge on any atom is 0.407 e. The standard InChI is InChI=1S/C28H33N7O4/c1-28(2,3)20-39-27(37)29-25(14-23-17-34(32-30-23)15-21-10-6-4-7-11-21)26(36)38-19-24-18-35(33-31-24)16-22-12-8-5-9-13-22/h4-13,17-18,25H,14-16,19-20H2,1-3H3,(H,29,37)/t25-/m1/s1. The summed E-state index contributed by atoms with van der Waals surface area (Å²) in [4.78, 5) is 25.5. The summed E-state index contributed by atoms with van der Waals surface area (Å²) in [7, 11) is 0. The van der Waals surface area contributed by atoms with Crippen LogP contribution in [0.5, 0.6) is 0 Å². The van der Waals surface area contributed by atoms with E-state index in [1.165, 1.54) is 0 Å². The topological polar surface area (TPSA) is 126 Å². The van der Waals surface area contributed by atoms with Crippen LogP contribution in [-0.2, 0) is 40.4 Å². The number of rotatable bonds is 11. The number of nitrogens with zero attached hydrogens (tertiary/aromatic N) is 6. The Balaban J connectivity index is 1.38. The van der Waals surface area contributed by atoms with Gasteiger partial charge in [-0.25, -0.2) is 19.0 Å². The molecule has 0 saturated carbocycles. The molecule has 1 amide bonds. The molecule has 0 aliphatic carbocycles. The number of benzene rings is 2. The van der Waals surface area contributed by atoms with Gasteiger partial charge in [0, 0.05) is 12.6 Å². The molecule has 0 aliphatic rings. The van der Waals surface area contributed by atoms with Gasteiger partial charge >= 0.3 is 12.1 Å². The highest BCUT2D eigenvalue weighted by molar-refractivity contribution is 5.81. The summed E-state index contributed by atoms with van der Waals surface area (Å²) in [5, 5.41) is 19.1. The van der Waals surface area contributed by atoms with Crippen molar-refractivity contribution in [3.05, 3.63) is 95.6 Å². The maximum atomic E-state index is 13.1. The molecule has 0 unspecified atom stereocenters. The Kier molecular flexibility index (Phi) is 9.03. The van der Waals surface area contributed by atoms with Gasteiger partial charge < -0.3 is 14.8 Å². The molecule has 0 radical (unpaired) electrons. The molecule has 0 saturated heterocycles. The maximum absolute atomic E-state index is 13.1. The second kappa shape index (κ2) is 12.8. The number of carbonyl (C=O) groups excluding carboxylic acids is 2. The van der Waals surface area contributed by atoms with Crippen molar-refractivity contribution in [3.8, 4) is 0 Å². The smallest absolute Gasteiger partial charge is 0.407 e. The van der Waals surface area contributed by atoms with Gasteiger partial charge in [0.2, 0.25) is 0 Å². The quantitative estimate of drug-likeness (QED) is 0.292. The minimum atomic E-state index is -1.03. The van der Waals surface area contributed by atoms with Crippen molar-refractivity contribution < 1.29 is 19.1 Å². The van der Waals surface area contributed by atoms with E-state index in [1.807, 2.05) is 81.4 Å². The molecule has 204 valence electrons. The first kappa shape index (κ1) is 27.5. The molecule has 2 heterocycles. The van der Waals surface area contributed by atoms with Gasteiger partial charge in [0.05, 0.1) is 31.6 Å². The van der Waals surface area contributed by atoms with Crippen molar-refractivity contribution >= 4 is 12.1 Å². The SMILES string of the molecule is CC(C)(C)COC(=O)N[C@H](Cc1cn(Cc2ccccc2)nn1)C(=O)OCc1cn(Cc2ccccc2)nn1. The average molecular weight is 532 g/mol. The summed E-state index contributed by atoms with van der Waals surface area (Å²) in [6, 6.07) is 18.6. The minimum Gasteiger partial charge on any atom is -0.457 e. The summed E-state index contributed by atoms with van der Waals surface area (Å²) >= 11 is 0. The van der Waals surface area contributed by atoms with Crippen molar-refractivity contribution in [1.82, 2.24) is 35.3 Å². The molecule has 0 aliphatic heterocycles. The van der Waals surface area contributed by atoms with E-state index in [1.54, 1.807) is 21.8 Å². The number of nitrogens with one attached hydrogen (secondary N) is 1. The number of hydrogen-bond donors (Lipinski definition) is 1. The molecule has 0 fully saturated rings. The van der Waals surface area contributed by atoms with Crippen LogP contribution in [0.3, 0.4) is 0 Å². The van der Waals surface area contributed by atoms with Crippen LogP contribution < -0.4 is 5.32 Å². The van der Waals surface area contributed by atoms with Crippen LogP contribution in [-0.4, -0.2) is 54.7 Å². The van der Waals surface area contributed by atoms with Crippen LogP contribution in [0.4, 0.5) is 4.79 Å². The fourth-order valence-corrected chi connectivity index (χ4v) is 3.65. The zero-order valence-corrected chi connectivity index (χ0v) is 22.4. The molecular formula is C28H33N7O4. The largest absolute Gasteiger partial charge is 0.457 e. The Morgan fingerprint density at radius 3 is 1.92 bits per heavy atom. The van der Waals surface area contributed by atoms with Gasteiger partial charge in [-0.2, -0.15) is 0 Å². The molecule has 2 aromatic heterocycles. The van der Waals surface area contributed by atoms with Gasteiger partial charge in [-0.1, -0.05) is 91.9 Å². The number of hydrogen-bond acceptors (Lipinski definition) is 8. The molecule has 11 nitrogen and oxygen atoms in total. The number of amides is 1. The Bertz CT molecular complexity index is 1350. The minimum absolute atomic E-state index is 0.0823. The van der Waals surface area contributed by atoms with Crippen LogP contribution in [0.2, 0.25) is 0 Å². The predicted octanol–water partition coefficient (Wildman–Crippen LogP) is 3.39. The molecule has 39 heavy (non-hydrogen) atoms. The lowest BCUT2D eigenvalue weighted by molar-refractivity contribution is -0.147. The predicted molar refractivity (Wildman–Crippen MR) is 142 cm³/mol. The normalized spacial score (nSPS) is 12.1. The van der Waals surface area contributed by atoms with E-state index in [0.29, 0.717) is 24.5 Å². The lowest BCUT2D eigenvalue weighted by Crippen LogP contribution is -2.44. The van der Waals surface area contributed by atoms with E-state index in [2.05, 4.69) is 25.9 Å². The van der Waals surface area contributed by atoms with E-state index in [-0.39, 0.29) is 25.0 Å². The van der Waals surface area contributed by atoms with Crippen molar-refractivity contribution in [2.45, 2.75) is 52.9 Å². The molecule has 11 heteroatoms. The molecule has 4 rings (SSSR count). The third-order valence-electron chi connectivity index (χ3n) is 5.54. The Morgan fingerprint density at radius 1 is 0.821 bits per heavy atom. The first-order valence-electron chi connectivity index (χ1n) is 12.7. The summed E-state index contributed by atoms with van der Waals surface area (Å²) in [6.07, 6.45) is 2.83. The van der Waals surface area contributed by atoms with Gasteiger partial charge in [0.1, 0.15) is 18.3 Å². The Labute approximate surface area is 227 Å². The first-order valence-corrected chi connectivity index (χ1v) is 12.7. The molecule has 4 aromatic rings. The third-order valence-corrected chi connectivity index (χ3v) is 5.54. The number of aromatic nitrogens is 6. The van der Waals surface area contributed by atoms with Gasteiger partial charge in [-0.05, 0) is 16.5 Å². The molecule has 0 spiro atoms. The van der Waals surface area contributed by atoms with Crippen molar-refractivity contribution in [2.75, 3.05) is 6.61 Å². The number of esters is 1. The van der Waals surface area contributed by atoms with Crippen LogP contribution in [0.15, 0.2) is 73.1 Å². The van der Waals surface area contributed by atoms with Crippen molar-refractivity contribution in [1.29, 1.82) is 0 Å². The second-order valence-corrected chi connectivity index (χ2v) is 10.4. The first-order chi connectivity index (χ1) is 18.7. The van der Waals surface area contributed by atoms with Crippen LogP contribution in [0.25, 0.3) is 0 Å². The zero-order chi connectivity index (χ0) is 27.7. The van der Waals surface area contributed by atoms with Gasteiger partial charge in [-0.3, -0.25) is 0 Å². The summed E-state index contributed by atoms with van der Waals surface area (Å²) in [6.45, 7) is 7.01. The molecule has 1 N–H and O–H groups in total. The third kappa shape index (κ3) is 9.06. The van der Waals surface area contributed by atoms with E-state index >= 15 is 0 Å². The Hall–Kier alpha value is -4.54. The lowest BCUT2D eigenvalue weighted by atomic mass is 9.99. The van der Waals surface area contributed by atoms with E-state index < -0.39 is 18.1 Å². The lowest BCUT2D eigenvalue weighted by Gasteiger charge is -2.20. The van der Waals surface area contributed by atoms with Crippen molar-refractivity contribution in [2.24, 2.45) is 5.41 Å². The van der Waals surface area contributed by atoms with Crippen molar-refractivity contribution in [3.63, 3.8) is 0 Å². The fraction of sp³-hybridized carbons (Fsp3) is 0.357. The average Bonchev–Trinajstić information content (AvgIpc) is 3.55. The second-order valence-electron chi connectivity index (χ2n) is 10.4. The van der Waals surface area contributed by atoms with Gasteiger partial charge in [-0.15, -0.1) is 10.2 Å². The molecule has 2 aromatic carbocycles. The summed E-state index contributed by atoms with van der Waals surface area (Å²) < 4.78 is 14.1. The molecule has 0 bridgehead atoms. The Morgan fingerprint density at radius 2 is 1.36 bits per heavy atom. The summed E-state index contributed by atoms with van der Waals surface area (Å²) in [5.74, 6) is -0.641. The fourth-order valence-electron chi connectivity index (χ4n) is 3.65. The van der Waals surface area contributed by atoms with E-state index in [9.17, 15) is 9.59 Å².